The van der Waals surface area contributed by atoms with Gasteiger partial charge in [-0.2, -0.15) is 0 Å². The monoisotopic (exact) mass is 442 g/mol. The Morgan fingerprint density at radius 3 is 2.57 bits per heavy atom. The summed E-state index contributed by atoms with van der Waals surface area (Å²) in [6.45, 7) is 5.23. The van der Waals surface area contributed by atoms with Crippen LogP contribution in [-0.4, -0.2) is 38.5 Å². The molecule has 1 fully saturated rings. The van der Waals surface area contributed by atoms with Gasteiger partial charge in [0.15, 0.2) is 6.67 Å². The van der Waals surface area contributed by atoms with Crippen LogP contribution >= 0.6 is 15.9 Å². The second-order valence-corrected chi connectivity index (χ2v) is 8.56. The van der Waals surface area contributed by atoms with E-state index in [1.165, 1.54) is 17.7 Å². The van der Waals surface area contributed by atoms with Gasteiger partial charge in [0.2, 0.25) is 0 Å². The van der Waals surface area contributed by atoms with Crippen molar-refractivity contribution in [1.29, 1.82) is 0 Å². The first-order valence-electron chi connectivity index (χ1n) is 9.73. The fourth-order valence-corrected chi connectivity index (χ4v) is 4.25. The molecular weight excluding hydrogens is 418 g/mol. The molecule has 28 heavy (non-hydrogen) atoms. The average Bonchev–Trinajstić information content (AvgIpc) is 2.95. The maximum absolute atomic E-state index is 13.3. The van der Waals surface area contributed by atoms with E-state index < -0.39 is 0 Å². The number of ether oxygens (including phenoxy) is 1. The Morgan fingerprint density at radius 1 is 1.18 bits per heavy atom. The van der Waals surface area contributed by atoms with Crippen molar-refractivity contribution in [1.82, 2.24) is 0 Å². The lowest BCUT2D eigenvalue weighted by Crippen LogP contribution is -3.14. The summed E-state index contributed by atoms with van der Waals surface area (Å²) in [6, 6.07) is 13.5. The van der Waals surface area contributed by atoms with Crippen LogP contribution in [0.1, 0.15) is 25.3 Å². The van der Waals surface area contributed by atoms with Crippen molar-refractivity contribution in [2.45, 2.75) is 19.8 Å². The molecule has 2 aromatic rings. The van der Waals surface area contributed by atoms with Crippen LogP contribution in [0, 0.1) is 5.92 Å². The van der Waals surface area contributed by atoms with Gasteiger partial charge < -0.3 is 9.64 Å². The minimum Gasteiger partial charge on any atom is -0.497 e. The van der Waals surface area contributed by atoms with Crippen LogP contribution in [0.15, 0.2) is 51.9 Å². The number of rotatable bonds is 4. The highest BCUT2D eigenvalue weighted by molar-refractivity contribution is 9.10. The minimum atomic E-state index is -0.0185. The SMILES string of the molecule is COc1ccc(N=C2C(=O)N(C[NH+]3CCC(C)CC3)c3ccc(Br)cc32)cc1. The quantitative estimate of drug-likeness (QED) is 0.789. The Morgan fingerprint density at radius 2 is 1.89 bits per heavy atom. The molecule has 4 rings (SSSR count). The number of nitrogens with zero attached hydrogens (tertiary/aromatic N) is 2. The number of amides is 1. The predicted molar refractivity (Wildman–Crippen MR) is 115 cm³/mol. The van der Waals surface area contributed by atoms with E-state index in [-0.39, 0.29) is 5.91 Å². The summed E-state index contributed by atoms with van der Waals surface area (Å²) in [5.41, 5.74) is 3.09. The molecule has 2 aliphatic rings. The topological polar surface area (TPSA) is 46.3 Å². The molecule has 0 radical (unpaired) electrons. The van der Waals surface area contributed by atoms with Gasteiger partial charge in [-0.3, -0.25) is 9.69 Å². The highest BCUT2D eigenvalue weighted by Crippen LogP contribution is 2.33. The van der Waals surface area contributed by atoms with Gasteiger partial charge in [-0.05, 0) is 61.2 Å². The van der Waals surface area contributed by atoms with Gasteiger partial charge in [-0.15, -0.1) is 0 Å². The summed E-state index contributed by atoms with van der Waals surface area (Å²) in [4.78, 5) is 21.3. The summed E-state index contributed by atoms with van der Waals surface area (Å²) in [7, 11) is 1.64. The maximum atomic E-state index is 13.3. The molecule has 0 unspecified atom stereocenters. The number of nitrogens with one attached hydrogen (secondary N) is 1. The maximum Gasteiger partial charge on any atom is 0.281 e. The van der Waals surface area contributed by atoms with Crippen LogP contribution in [0.4, 0.5) is 11.4 Å². The molecule has 0 atom stereocenters. The third-order valence-electron chi connectivity index (χ3n) is 5.63. The summed E-state index contributed by atoms with van der Waals surface area (Å²) in [5, 5.41) is 0. The number of hydrogen-bond acceptors (Lipinski definition) is 3. The molecule has 1 amide bonds. The fourth-order valence-electron chi connectivity index (χ4n) is 3.89. The first-order valence-corrected chi connectivity index (χ1v) is 10.5. The van der Waals surface area contributed by atoms with Gasteiger partial charge >= 0.3 is 0 Å². The number of anilines is 1. The molecule has 2 aliphatic heterocycles. The third-order valence-corrected chi connectivity index (χ3v) is 6.12. The zero-order valence-electron chi connectivity index (χ0n) is 16.2. The number of hydrogen-bond donors (Lipinski definition) is 1. The van der Waals surface area contributed by atoms with Gasteiger partial charge in [-0.1, -0.05) is 22.9 Å². The highest BCUT2D eigenvalue weighted by atomic mass is 79.9. The number of likely N-dealkylation sites (tertiary alicyclic amines) is 1. The number of quaternary nitrogens is 1. The first kappa shape index (κ1) is 19.2. The number of carbonyl (C=O) groups is 1. The normalized spacial score (nSPS) is 23.2. The Bertz CT molecular complexity index is 902. The van der Waals surface area contributed by atoms with Crippen molar-refractivity contribution in [3.63, 3.8) is 0 Å². The number of benzene rings is 2. The van der Waals surface area contributed by atoms with E-state index in [9.17, 15) is 4.79 Å². The van der Waals surface area contributed by atoms with Crippen molar-refractivity contribution < 1.29 is 14.4 Å². The number of piperidine rings is 1. The molecule has 0 saturated carbocycles. The molecule has 2 heterocycles. The number of halogens is 1. The second kappa shape index (κ2) is 8.05. The standard InChI is InChI=1S/C22H24BrN3O2/c1-15-9-11-25(12-10-15)14-26-20-8-3-16(23)13-19(20)21(22(26)27)24-17-4-6-18(28-2)7-5-17/h3-8,13,15H,9-12,14H2,1-2H3/p+1. The number of carbonyl (C=O) groups excluding carboxylic acids is 1. The van der Waals surface area contributed by atoms with Crippen LogP contribution in [0.3, 0.4) is 0 Å². The molecule has 1 N–H and O–H groups in total. The lowest BCUT2D eigenvalue weighted by atomic mass is 10.00. The van der Waals surface area contributed by atoms with Crippen LogP contribution in [0.2, 0.25) is 0 Å². The lowest BCUT2D eigenvalue weighted by Gasteiger charge is -2.30. The second-order valence-electron chi connectivity index (χ2n) is 7.64. The molecule has 0 spiro atoms. The van der Waals surface area contributed by atoms with Crippen LogP contribution in [0.25, 0.3) is 0 Å². The summed E-state index contributed by atoms with van der Waals surface area (Å²) in [5.74, 6) is 1.54. The van der Waals surface area contributed by atoms with E-state index in [1.54, 1.807) is 7.11 Å². The minimum absolute atomic E-state index is 0.0185. The third kappa shape index (κ3) is 3.84. The van der Waals surface area contributed by atoms with E-state index in [4.69, 9.17) is 9.73 Å². The van der Waals surface area contributed by atoms with Crippen molar-refractivity contribution in [3.8, 4) is 5.75 Å². The van der Waals surface area contributed by atoms with Crippen LogP contribution in [-0.2, 0) is 4.79 Å². The van der Waals surface area contributed by atoms with E-state index in [0.29, 0.717) is 12.4 Å². The highest BCUT2D eigenvalue weighted by Gasteiger charge is 2.37. The van der Waals surface area contributed by atoms with Gasteiger partial charge in [0.25, 0.3) is 5.91 Å². The van der Waals surface area contributed by atoms with E-state index in [1.807, 2.05) is 47.4 Å². The summed E-state index contributed by atoms with van der Waals surface area (Å²) < 4.78 is 6.16. The summed E-state index contributed by atoms with van der Waals surface area (Å²) >= 11 is 3.54. The Hall–Kier alpha value is -2.18. The van der Waals surface area contributed by atoms with E-state index in [2.05, 4.69) is 22.9 Å². The molecular formula is C22H25BrN3O2+. The van der Waals surface area contributed by atoms with Crippen molar-refractivity contribution >= 4 is 38.9 Å². The zero-order chi connectivity index (χ0) is 19.7. The molecule has 0 aromatic heterocycles. The van der Waals surface area contributed by atoms with E-state index in [0.717, 1.165) is 46.2 Å². The van der Waals surface area contributed by atoms with Gasteiger partial charge in [0.05, 0.1) is 31.6 Å². The van der Waals surface area contributed by atoms with Crippen molar-refractivity contribution in [2.75, 3.05) is 31.8 Å². The zero-order valence-corrected chi connectivity index (χ0v) is 17.8. The smallest absolute Gasteiger partial charge is 0.281 e. The molecule has 0 bridgehead atoms. The van der Waals surface area contributed by atoms with Gasteiger partial charge in [0.1, 0.15) is 11.5 Å². The summed E-state index contributed by atoms with van der Waals surface area (Å²) in [6.07, 6.45) is 2.44. The molecule has 2 aromatic carbocycles. The fraction of sp³-hybridized carbons (Fsp3) is 0.364. The van der Waals surface area contributed by atoms with Gasteiger partial charge in [-0.25, -0.2) is 4.99 Å². The van der Waals surface area contributed by atoms with E-state index >= 15 is 0 Å². The Kier molecular flexibility index (Phi) is 5.51. The molecule has 6 heteroatoms. The largest absolute Gasteiger partial charge is 0.497 e. The molecule has 146 valence electrons. The van der Waals surface area contributed by atoms with Crippen LogP contribution in [0.5, 0.6) is 5.75 Å². The molecule has 5 nitrogen and oxygen atoms in total. The Balaban J connectivity index is 1.65. The predicted octanol–water partition coefficient (Wildman–Crippen LogP) is 3.20. The first-order chi connectivity index (χ1) is 13.5. The van der Waals surface area contributed by atoms with Crippen LogP contribution < -0.4 is 14.5 Å². The van der Waals surface area contributed by atoms with Crippen molar-refractivity contribution in [3.05, 3.63) is 52.5 Å². The average molecular weight is 443 g/mol. The van der Waals surface area contributed by atoms with Gasteiger partial charge in [0, 0.05) is 10.0 Å². The number of fused-ring (bicyclic) bond motifs is 1. The molecule has 1 saturated heterocycles. The lowest BCUT2D eigenvalue weighted by molar-refractivity contribution is -0.904. The number of methoxy groups -OCH3 is 1. The number of aliphatic imine (C=N–C) groups is 1. The Labute approximate surface area is 174 Å². The molecule has 0 aliphatic carbocycles. The van der Waals surface area contributed by atoms with Crippen molar-refractivity contribution in [2.24, 2.45) is 10.9 Å².